The first-order valence-electron chi connectivity index (χ1n) is 4.45. The van der Waals surface area contributed by atoms with Gasteiger partial charge < -0.3 is 4.90 Å². The Labute approximate surface area is 73.2 Å². The lowest BCUT2D eigenvalue weighted by Gasteiger charge is -2.30. The van der Waals surface area contributed by atoms with E-state index in [1.165, 1.54) is 11.3 Å². The molecule has 0 saturated carbocycles. The Bertz CT molecular complexity index is 270. The van der Waals surface area contributed by atoms with E-state index >= 15 is 0 Å². The lowest BCUT2D eigenvalue weighted by Crippen LogP contribution is -2.38. The van der Waals surface area contributed by atoms with Crippen molar-refractivity contribution >= 4 is 5.69 Å². The Balaban J connectivity index is 2.37. The number of nitrogens with one attached hydrogen (secondary N) is 1. The number of para-hydroxylation sites is 1. The maximum atomic E-state index is 3.37. The summed E-state index contributed by atoms with van der Waals surface area (Å²) in [6.07, 6.45) is 0. The molecule has 0 aliphatic carbocycles. The zero-order valence-corrected chi connectivity index (χ0v) is 7.38. The van der Waals surface area contributed by atoms with E-state index in [-0.39, 0.29) is 0 Å². The molecule has 1 N–H and O–H groups in total. The minimum atomic E-state index is 0.980. The number of rotatable bonds is 1. The standard InChI is InChI=1S/C10H14N2/c1-2-12-8-11-7-9-5-3-4-6-10(9)12/h3-6,11H,2,7-8H2,1H3. The van der Waals surface area contributed by atoms with Crippen LogP contribution in [0.4, 0.5) is 5.69 Å². The van der Waals surface area contributed by atoms with Crippen molar-refractivity contribution in [3.8, 4) is 0 Å². The first-order valence-corrected chi connectivity index (χ1v) is 4.45. The van der Waals surface area contributed by atoms with Crippen LogP contribution in [0.15, 0.2) is 24.3 Å². The van der Waals surface area contributed by atoms with Crippen molar-refractivity contribution in [2.75, 3.05) is 18.1 Å². The van der Waals surface area contributed by atoms with Crippen LogP contribution in [0.25, 0.3) is 0 Å². The molecule has 0 radical (unpaired) electrons. The summed E-state index contributed by atoms with van der Waals surface area (Å²) in [5, 5.41) is 3.37. The van der Waals surface area contributed by atoms with E-state index in [2.05, 4.69) is 41.4 Å². The first kappa shape index (κ1) is 7.62. The van der Waals surface area contributed by atoms with Gasteiger partial charge in [0.15, 0.2) is 0 Å². The molecular weight excluding hydrogens is 148 g/mol. The van der Waals surface area contributed by atoms with Crippen LogP contribution in [-0.4, -0.2) is 13.2 Å². The molecule has 0 aromatic heterocycles. The Morgan fingerprint density at radius 3 is 3.08 bits per heavy atom. The van der Waals surface area contributed by atoms with Gasteiger partial charge in [0.1, 0.15) is 0 Å². The molecule has 0 saturated heterocycles. The summed E-state index contributed by atoms with van der Waals surface area (Å²) in [6.45, 7) is 5.24. The molecule has 12 heavy (non-hydrogen) atoms. The number of fused-ring (bicyclic) bond motifs is 1. The average molecular weight is 162 g/mol. The van der Waals surface area contributed by atoms with E-state index < -0.39 is 0 Å². The molecule has 1 heterocycles. The van der Waals surface area contributed by atoms with Crippen LogP contribution in [0.2, 0.25) is 0 Å². The largest absolute Gasteiger partial charge is 0.359 e. The van der Waals surface area contributed by atoms with Crippen LogP contribution < -0.4 is 10.2 Å². The van der Waals surface area contributed by atoms with E-state index in [0.717, 1.165) is 19.8 Å². The monoisotopic (exact) mass is 162 g/mol. The number of hydrogen-bond acceptors (Lipinski definition) is 2. The third kappa shape index (κ3) is 1.18. The average Bonchev–Trinajstić information content (AvgIpc) is 2.17. The van der Waals surface area contributed by atoms with Gasteiger partial charge >= 0.3 is 0 Å². The molecule has 1 aliphatic rings. The van der Waals surface area contributed by atoms with Crippen LogP contribution in [0.3, 0.4) is 0 Å². The van der Waals surface area contributed by atoms with E-state index in [0.29, 0.717) is 0 Å². The fourth-order valence-corrected chi connectivity index (χ4v) is 1.66. The summed E-state index contributed by atoms with van der Waals surface area (Å²) in [7, 11) is 0. The smallest absolute Gasteiger partial charge is 0.0684 e. The predicted octanol–water partition coefficient (Wildman–Crippen LogP) is 1.57. The molecule has 0 atom stereocenters. The van der Waals surface area contributed by atoms with Crippen LogP contribution >= 0.6 is 0 Å². The SMILES string of the molecule is CCN1CNCc2ccccc21. The molecule has 64 valence electrons. The Kier molecular flexibility index (Phi) is 2.00. The fraction of sp³-hybridized carbons (Fsp3) is 0.400. The molecule has 2 nitrogen and oxygen atoms in total. The molecule has 0 spiro atoms. The van der Waals surface area contributed by atoms with Gasteiger partial charge in [-0.15, -0.1) is 0 Å². The molecule has 1 aromatic carbocycles. The third-order valence-corrected chi connectivity index (χ3v) is 2.33. The highest BCUT2D eigenvalue weighted by molar-refractivity contribution is 5.54. The van der Waals surface area contributed by atoms with Crippen molar-refractivity contribution < 1.29 is 0 Å². The summed E-state index contributed by atoms with van der Waals surface area (Å²) < 4.78 is 0. The molecule has 0 unspecified atom stereocenters. The van der Waals surface area contributed by atoms with Gasteiger partial charge in [-0.05, 0) is 18.6 Å². The van der Waals surface area contributed by atoms with Gasteiger partial charge in [-0.3, -0.25) is 5.32 Å². The van der Waals surface area contributed by atoms with Gasteiger partial charge in [0.2, 0.25) is 0 Å². The van der Waals surface area contributed by atoms with E-state index in [9.17, 15) is 0 Å². The van der Waals surface area contributed by atoms with Crippen molar-refractivity contribution in [2.24, 2.45) is 0 Å². The second-order valence-electron chi connectivity index (χ2n) is 3.07. The summed E-state index contributed by atoms with van der Waals surface area (Å²) in [5.41, 5.74) is 2.80. The zero-order chi connectivity index (χ0) is 8.39. The summed E-state index contributed by atoms with van der Waals surface area (Å²) in [6, 6.07) is 8.58. The van der Waals surface area contributed by atoms with Crippen molar-refractivity contribution in [1.29, 1.82) is 0 Å². The van der Waals surface area contributed by atoms with Gasteiger partial charge in [-0.25, -0.2) is 0 Å². The number of hydrogen-bond donors (Lipinski definition) is 1. The minimum Gasteiger partial charge on any atom is -0.359 e. The molecule has 0 fully saturated rings. The number of anilines is 1. The number of nitrogens with zero attached hydrogens (tertiary/aromatic N) is 1. The quantitative estimate of drug-likeness (QED) is 0.674. The molecule has 0 bridgehead atoms. The van der Waals surface area contributed by atoms with Crippen molar-refractivity contribution in [2.45, 2.75) is 13.5 Å². The molecule has 2 rings (SSSR count). The van der Waals surface area contributed by atoms with Crippen molar-refractivity contribution in [1.82, 2.24) is 5.32 Å². The lowest BCUT2D eigenvalue weighted by molar-refractivity contribution is 0.622. The van der Waals surface area contributed by atoms with Crippen LogP contribution in [0, 0.1) is 0 Å². The topological polar surface area (TPSA) is 15.3 Å². The molecule has 0 amide bonds. The highest BCUT2D eigenvalue weighted by Crippen LogP contribution is 2.22. The summed E-state index contributed by atoms with van der Waals surface area (Å²) in [5.74, 6) is 0. The van der Waals surface area contributed by atoms with Gasteiger partial charge in [0.25, 0.3) is 0 Å². The van der Waals surface area contributed by atoms with E-state index in [1.54, 1.807) is 0 Å². The third-order valence-electron chi connectivity index (χ3n) is 2.33. The molecule has 2 heteroatoms. The van der Waals surface area contributed by atoms with Gasteiger partial charge in [0.05, 0.1) is 6.67 Å². The highest BCUT2D eigenvalue weighted by Gasteiger charge is 2.12. The van der Waals surface area contributed by atoms with Crippen molar-refractivity contribution in [3.63, 3.8) is 0 Å². The first-order chi connectivity index (χ1) is 5.92. The van der Waals surface area contributed by atoms with Gasteiger partial charge in [-0.2, -0.15) is 0 Å². The highest BCUT2D eigenvalue weighted by atomic mass is 15.2. The summed E-state index contributed by atoms with van der Waals surface area (Å²) >= 11 is 0. The van der Waals surface area contributed by atoms with E-state index in [1.807, 2.05) is 0 Å². The summed E-state index contributed by atoms with van der Waals surface area (Å²) in [4.78, 5) is 2.35. The molecule has 1 aliphatic heterocycles. The zero-order valence-electron chi connectivity index (χ0n) is 7.38. The molecular formula is C10H14N2. The van der Waals surface area contributed by atoms with Crippen LogP contribution in [0.1, 0.15) is 12.5 Å². The Morgan fingerprint density at radius 2 is 2.25 bits per heavy atom. The fourth-order valence-electron chi connectivity index (χ4n) is 1.66. The second kappa shape index (κ2) is 3.15. The van der Waals surface area contributed by atoms with Gasteiger partial charge in [-0.1, -0.05) is 18.2 Å². The predicted molar refractivity (Wildman–Crippen MR) is 51.2 cm³/mol. The maximum Gasteiger partial charge on any atom is 0.0684 e. The number of benzene rings is 1. The second-order valence-corrected chi connectivity index (χ2v) is 3.07. The minimum absolute atomic E-state index is 0.980. The van der Waals surface area contributed by atoms with Crippen LogP contribution in [-0.2, 0) is 6.54 Å². The maximum absolute atomic E-state index is 3.37. The van der Waals surface area contributed by atoms with Crippen molar-refractivity contribution in [3.05, 3.63) is 29.8 Å². The van der Waals surface area contributed by atoms with E-state index in [4.69, 9.17) is 0 Å². The Hall–Kier alpha value is -1.02. The normalized spacial score (nSPS) is 15.9. The van der Waals surface area contributed by atoms with Gasteiger partial charge in [0, 0.05) is 18.8 Å². The molecule has 1 aromatic rings. The lowest BCUT2D eigenvalue weighted by atomic mass is 10.1. The van der Waals surface area contributed by atoms with Crippen LogP contribution in [0.5, 0.6) is 0 Å². The Morgan fingerprint density at radius 1 is 1.42 bits per heavy atom.